The fraction of sp³-hybridized carbons (Fsp3) is 0.286. The number of ether oxygens (including phenoxy) is 2. The van der Waals surface area contributed by atoms with Crippen LogP contribution in [0, 0.1) is 5.82 Å². The summed E-state index contributed by atoms with van der Waals surface area (Å²) in [6.45, 7) is 5.51. The van der Waals surface area contributed by atoms with Gasteiger partial charge in [-0.25, -0.2) is 18.2 Å². The first kappa shape index (κ1) is 26.5. The molecule has 9 nitrogen and oxygen atoms in total. The zero-order valence-corrected chi connectivity index (χ0v) is 22.5. The summed E-state index contributed by atoms with van der Waals surface area (Å²) in [7, 11) is -4.30. The van der Waals surface area contributed by atoms with Crippen LogP contribution in [0.4, 0.5) is 14.9 Å². The summed E-state index contributed by atoms with van der Waals surface area (Å²) in [6, 6.07) is 15.9. The maximum absolute atomic E-state index is 16.2. The Morgan fingerprint density at radius 3 is 2.49 bits per heavy atom. The van der Waals surface area contributed by atoms with Crippen LogP contribution in [0.1, 0.15) is 31.9 Å². The van der Waals surface area contributed by atoms with Crippen LogP contribution in [0.3, 0.4) is 0 Å². The first-order valence-electron chi connectivity index (χ1n) is 12.3. The molecule has 0 unspecified atom stereocenters. The molecule has 1 fully saturated rings. The SMILES string of the molecule is CC(C)(C)OC(=O)N1CC=C(c2ccc3cc(OCc4ccccc4)c(N4CC(=O)NS4(=O)=O)c(F)c3c2)C1. The lowest BCUT2D eigenvalue weighted by atomic mass is 10.0. The van der Waals surface area contributed by atoms with Crippen LogP contribution in [0.25, 0.3) is 16.3 Å². The number of hydrogen-bond donors (Lipinski definition) is 1. The number of hydrogen-bond acceptors (Lipinski definition) is 6. The van der Waals surface area contributed by atoms with Crippen molar-refractivity contribution >= 4 is 44.2 Å². The standard InChI is InChI=1S/C28H28FN3O6S/c1-28(2,3)38-27(34)31-12-11-21(15-31)19-9-10-20-14-23(37-17-18-7-5-4-6-8-18)26(25(29)22(20)13-19)32-16-24(33)30-39(32,35)36/h4-11,13-14H,12,15-17H2,1-3H3,(H,30,33). The number of carbonyl (C=O) groups excluding carboxylic acids is 2. The molecule has 39 heavy (non-hydrogen) atoms. The van der Waals surface area contributed by atoms with Gasteiger partial charge < -0.3 is 14.4 Å². The Hall–Kier alpha value is -4.12. The average molecular weight is 554 g/mol. The number of amides is 2. The number of carbonyl (C=O) groups is 2. The molecule has 0 atom stereocenters. The number of rotatable bonds is 5. The molecule has 0 bridgehead atoms. The van der Waals surface area contributed by atoms with Crippen molar-refractivity contribution in [1.82, 2.24) is 9.62 Å². The third-order valence-electron chi connectivity index (χ3n) is 6.27. The molecule has 11 heteroatoms. The molecule has 1 N–H and O–H groups in total. The summed E-state index contributed by atoms with van der Waals surface area (Å²) >= 11 is 0. The summed E-state index contributed by atoms with van der Waals surface area (Å²) in [4.78, 5) is 26.0. The van der Waals surface area contributed by atoms with E-state index in [0.717, 1.165) is 11.1 Å². The molecule has 0 aliphatic carbocycles. The third kappa shape index (κ3) is 5.53. The van der Waals surface area contributed by atoms with Crippen LogP contribution in [-0.4, -0.2) is 50.6 Å². The van der Waals surface area contributed by atoms with Crippen LogP contribution in [0.5, 0.6) is 5.75 Å². The molecule has 5 rings (SSSR count). The Bertz CT molecular complexity index is 1600. The van der Waals surface area contributed by atoms with E-state index >= 15 is 4.39 Å². The van der Waals surface area contributed by atoms with E-state index in [1.807, 2.05) is 47.2 Å². The molecule has 0 aromatic heterocycles. The van der Waals surface area contributed by atoms with E-state index in [0.29, 0.717) is 21.8 Å². The average Bonchev–Trinajstić information content (AvgIpc) is 3.46. The van der Waals surface area contributed by atoms with Crippen LogP contribution in [0.2, 0.25) is 0 Å². The normalized spacial score (nSPS) is 16.8. The number of anilines is 1. The van der Waals surface area contributed by atoms with Crippen molar-refractivity contribution in [2.75, 3.05) is 23.9 Å². The molecule has 0 saturated carbocycles. The molecule has 0 spiro atoms. The van der Waals surface area contributed by atoms with Crippen molar-refractivity contribution in [2.45, 2.75) is 33.0 Å². The van der Waals surface area contributed by atoms with Gasteiger partial charge in [0.1, 0.15) is 30.2 Å². The van der Waals surface area contributed by atoms with Gasteiger partial charge >= 0.3 is 16.3 Å². The molecule has 2 heterocycles. The van der Waals surface area contributed by atoms with Crippen LogP contribution >= 0.6 is 0 Å². The van der Waals surface area contributed by atoms with Crippen molar-refractivity contribution in [1.29, 1.82) is 0 Å². The Morgan fingerprint density at radius 2 is 1.82 bits per heavy atom. The quantitative estimate of drug-likeness (QED) is 0.503. The molecular weight excluding hydrogens is 525 g/mol. The van der Waals surface area contributed by atoms with Crippen molar-refractivity contribution in [3.63, 3.8) is 0 Å². The van der Waals surface area contributed by atoms with E-state index < -0.39 is 40.2 Å². The number of benzene rings is 3. The molecule has 3 aromatic carbocycles. The molecule has 3 aromatic rings. The van der Waals surface area contributed by atoms with E-state index in [-0.39, 0.29) is 30.0 Å². The molecule has 2 aliphatic heterocycles. The van der Waals surface area contributed by atoms with Gasteiger partial charge in [-0.2, -0.15) is 8.42 Å². The van der Waals surface area contributed by atoms with Gasteiger partial charge in [-0.05, 0) is 55.0 Å². The minimum Gasteiger partial charge on any atom is -0.487 e. The summed E-state index contributed by atoms with van der Waals surface area (Å²) in [5.41, 5.74) is 1.31. The summed E-state index contributed by atoms with van der Waals surface area (Å²) < 4.78 is 55.5. The largest absolute Gasteiger partial charge is 0.487 e. The number of halogens is 1. The number of nitrogens with one attached hydrogen (secondary N) is 1. The van der Waals surface area contributed by atoms with Crippen LogP contribution in [0.15, 0.2) is 60.7 Å². The Balaban J connectivity index is 1.51. The zero-order valence-electron chi connectivity index (χ0n) is 21.7. The zero-order chi connectivity index (χ0) is 27.9. The Morgan fingerprint density at radius 1 is 1.08 bits per heavy atom. The second-order valence-corrected chi connectivity index (χ2v) is 12.0. The lowest BCUT2D eigenvalue weighted by Crippen LogP contribution is -2.35. The molecule has 2 aliphatic rings. The van der Waals surface area contributed by atoms with Crippen molar-refractivity contribution in [3.8, 4) is 5.75 Å². The summed E-state index contributed by atoms with van der Waals surface area (Å²) in [5, 5.41) is 0.641. The minimum absolute atomic E-state index is 0.00661. The van der Waals surface area contributed by atoms with Gasteiger partial charge in [0.05, 0.1) is 0 Å². The number of nitrogens with zero attached hydrogens (tertiary/aromatic N) is 2. The van der Waals surface area contributed by atoms with E-state index in [9.17, 15) is 18.0 Å². The smallest absolute Gasteiger partial charge is 0.410 e. The van der Waals surface area contributed by atoms with Crippen molar-refractivity contribution < 1.29 is 31.9 Å². The van der Waals surface area contributed by atoms with E-state index in [1.54, 1.807) is 43.9 Å². The minimum atomic E-state index is -4.30. The summed E-state index contributed by atoms with van der Waals surface area (Å²) in [6.07, 6.45) is 1.43. The van der Waals surface area contributed by atoms with Gasteiger partial charge in [-0.15, -0.1) is 0 Å². The van der Waals surface area contributed by atoms with Gasteiger partial charge in [0.25, 0.3) is 5.91 Å². The highest BCUT2D eigenvalue weighted by Crippen LogP contribution is 2.40. The van der Waals surface area contributed by atoms with Crippen molar-refractivity contribution in [3.05, 3.63) is 77.6 Å². The molecule has 2 amide bonds. The fourth-order valence-corrected chi connectivity index (χ4v) is 5.63. The van der Waals surface area contributed by atoms with Gasteiger partial charge in [-0.1, -0.05) is 48.5 Å². The fourth-order valence-electron chi connectivity index (χ4n) is 4.47. The molecule has 0 radical (unpaired) electrons. The second kappa shape index (κ2) is 9.88. The van der Waals surface area contributed by atoms with Crippen molar-refractivity contribution in [2.24, 2.45) is 0 Å². The monoisotopic (exact) mass is 553 g/mol. The highest BCUT2D eigenvalue weighted by Gasteiger charge is 2.38. The number of fused-ring (bicyclic) bond motifs is 1. The van der Waals surface area contributed by atoms with Gasteiger partial charge in [-0.3, -0.25) is 4.79 Å². The molecular formula is C28H28FN3O6S. The Kier molecular flexibility index (Phi) is 6.71. The van der Waals surface area contributed by atoms with Gasteiger partial charge in [0, 0.05) is 18.5 Å². The highest BCUT2D eigenvalue weighted by atomic mass is 32.2. The van der Waals surface area contributed by atoms with E-state index in [1.165, 1.54) is 0 Å². The maximum Gasteiger partial charge on any atom is 0.410 e. The lowest BCUT2D eigenvalue weighted by molar-refractivity contribution is -0.117. The van der Waals surface area contributed by atoms with Gasteiger partial charge in [0.15, 0.2) is 5.82 Å². The third-order valence-corrected chi connectivity index (χ3v) is 7.64. The second-order valence-electron chi connectivity index (χ2n) is 10.4. The highest BCUT2D eigenvalue weighted by molar-refractivity contribution is 7.92. The van der Waals surface area contributed by atoms with Gasteiger partial charge in [0.2, 0.25) is 0 Å². The van der Waals surface area contributed by atoms with Crippen LogP contribution in [-0.2, 0) is 26.3 Å². The topological polar surface area (TPSA) is 105 Å². The first-order valence-corrected chi connectivity index (χ1v) is 13.8. The predicted molar refractivity (Wildman–Crippen MR) is 145 cm³/mol. The lowest BCUT2D eigenvalue weighted by Gasteiger charge is -2.24. The maximum atomic E-state index is 16.2. The summed E-state index contributed by atoms with van der Waals surface area (Å²) in [5.74, 6) is -1.61. The Labute approximate surface area is 226 Å². The first-order chi connectivity index (χ1) is 18.4. The van der Waals surface area contributed by atoms with E-state index in [2.05, 4.69) is 0 Å². The predicted octanol–water partition coefficient (Wildman–Crippen LogP) is 4.37. The molecule has 204 valence electrons. The van der Waals surface area contributed by atoms with E-state index in [4.69, 9.17) is 9.47 Å². The van der Waals surface area contributed by atoms with Crippen LogP contribution < -0.4 is 13.8 Å². The molecule has 1 saturated heterocycles.